The first-order valence-electron chi connectivity index (χ1n) is 25.1. The molecular formula is C48H92O14. The molecule has 2 aliphatic heterocycles. The summed E-state index contributed by atoms with van der Waals surface area (Å²) in [6.45, 7) is 3.70. The molecule has 0 spiro atoms. The van der Waals surface area contributed by atoms with E-state index < -0.39 is 80.7 Å². The third-order valence-corrected chi connectivity index (χ3v) is 12.4. The molecule has 7 N–H and O–H groups in total. The first-order valence-corrected chi connectivity index (χ1v) is 25.1. The average Bonchev–Trinajstić information content (AvgIpc) is 3.27. The van der Waals surface area contributed by atoms with Crippen LogP contribution in [0.1, 0.15) is 200 Å². The van der Waals surface area contributed by atoms with Crippen molar-refractivity contribution in [3.63, 3.8) is 0 Å². The van der Waals surface area contributed by atoms with Gasteiger partial charge in [-0.2, -0.15) is 0 Å². The summed E-state index contributed by atoms with van der Waals surface area (Å²) in [6, 6.07) is 0. The zero-order valence-electron chi connectivity index (χ0n) is 38.9. The summed E-state index contributed by atoms with van der Waals surface area (Å²) in [5.41, 5.74) is 0. The second-order valence-electron chi connectivity index (χ2n) is 18.0. The minimum absolute atomic E-state index is 0.0690. The molecule has 0 saturated carbocycles. The SMILES string of the molecule is CCCCCCCCCCCCCCCCCCCCCC(=O)OC(COCCCCCCCCCCC)COC1OC(COC2OC(CO)C(O)C(O)C2O)C(O)C(O)C1O. The Hall–Kier alpha value is -1.01. The maximum absolute atomic E-state index is 13.0. The van der Waals surface area contributed by atoms with E-state index >= 15 is 0 Å². The van der Waals surface area contributed by atoms with Crippen LogP contribution in [0, 0.1) is 0 Å². The number of esters is 1. The number of aliphatic hydroxyl groups is 7. The van der Waals surface area contributed by atoms with Gasteiger partial charge in [-0.1, -0.05) is 181 Å². The second-order valence-corrected chi connectivity index (χ2v) is 18.0. The summed E-state index contributed by atoms with van der Waals surface area (Å²) in [5.74, 6) is -0.372. The Morgan fingerprint density at radius 2 is 0.855 bits per heavy atom. The molecule has 11 unspecified atom stereocenters. The maximum Gasteiger partial charge on any atom is 0.306 e. The Morgan fingerprint density at radius 3 is 1.31 bits per heavy atom. The van der Waals surface area contributed by atoms with Gasteiger partial charge in [0.2, 0.25) is 0 Å². The quantitative estimate of drug-likeness (QED) is 0.0246. The van der Waals surface area contributed by atoms with Crippen molar-refractivity contribution < 1.29 is 69.0 Å². The van der Waals surface area contributed by atoms with Gasteiger partial charge in [-0.05, 0) is 12.8 Å². The minimum atomic E-state index is -1.70. The van der Waals surface area contributed by atoms with Crippen molar-refractivity contribution in [2.45, 2.75) is 268 Å². The summed E-state index contributed by atoms with van der Waals surface area (Å²) in [5, 5.41) is 71.9. The molecule has 0 radical (unpaired) electrons. The first kappa shape index (κ1) is 57.1. The van der Waals surface area contributed by atoms with Crippen LogP contribution < -0.4 is 0 Å². The fraction of sp³-hybridized carbons (Fsp3) is 0.979. The second kappa shape index (κ2) is 37.1. The lowest BCUT2D eigenvalue weighted by atomic mass is 9.98. The molecule has 0 aromatic carbocycles. The summed E-state index contributed by atoms with van der Waals surface area (Å²) < 4.78 is 34.2. The topological polar surface area (TPSA) is 214 Å². The number of hydrogen-bond acceptors (Lipinski definition) is 14. The summed E-state index contributed by atoms with van der Waals surface area (Å²) in [4.78, 5) is 13.0. The molecule has 0 aromatic rings. The molecule has 14 heteroatoms. The van der Waals surface area contributed by atoms with Gasteiger partial charge in [0.15, 0.2) is 12.6 Å². The predicted octanol–water partition coefficient (Wildman–Crippen LogP) is 6.91. The lowest BCUT2D eigenvalue weighted by Gasteiger charge is -2.42. The Morgan fingerprint density at radius 1 is 0.468 bits per heavy atom. The fourth-order valence-electron chi connectivity index (χ4n) is 8.23. The monoisotopic (exact) mass is 893 g/mol. The lowest BCUT2D eigenvalue weighted by molar-refractivity contribution is -0.332. The van der Waals surface area contributed by atoms with Gasteiger partial charge in [0, 0.05) is 13.0 Å². The van der Waals surface area contributed by atoms with Crippen molar-refractivity contribution >= 4 is 5.97 Å². The molecule has 2 heterocycles. The maximum atomic E-state index is 13.0. The Kier molecular flexibility index (Phi) is 34.2. The number of carbonyl (C=O) groups is 1. The molecule has 2 saturated heterocycles. The van der Waals surface area contributed by atoms with Crippen molar-refractivity contribution in [1.29, 1.82) is 0 Å². The molecule has 0 amide bonds. The highest BCUT2D eigenvalue weighted by molar-refractivity contribution is 5.69. The summed E-state index contributed by atoms with van der Waals surface area (Å²) in [6.07, 6.45) is 18.9. The number of hydrogen-bond donors (Lipinski definition) is 7. The van der Waals surface area contributed by atoms with Crippen molar-refractivity contribution in [3.8, 4) is 0 Å². The van der Waals surface area contributed by atoms with Crippen molar-refractivity contribution in [2.75, 3.05) is 33.0 Å². The van der Waals surface area contributed by atoms with E-state index in [1.165, 1.54) is 135 Å². The number of aliphatic hydroxyl groups excluding tert-OH is 7. The molecule has 0 aliphatic carbocycles. The van der Waals surface area contributed by atoms with E-state index in [4.69, 9.17) is 28.4 Å². The minimum Gasteiger partial charge on any atom is -0.457 e. The van der Waals surface area contributed by atoms with E-state index in [-0.39, 0.29) is 25.6 Å². The molecule has 62 heavy (non-hydrogen) atoms. The molecule has 2 aliphatic rings. The molecular weight excluding hydrogens is 801 g/mol. The zero-order chi connectivity index (χ0) is 45.2. The van der Waals surface area contributed by atoms with Crippen molar-refractivity contribution in [1.82, 2.24) is 0 Å². The first-order chi connectivity index (χ1) is 30.1. The fourth-order valence-corrected chi connectivity index (χ4v) is 8.23. The number of ether oxygens (including phenoxy) is 6. The molecule has 0 aromatic heterocycles. The Labute approximate surface area is 374 Å². The number of rotatable bonds is 40. The van der Waals surface area contributed by atoms with Crippen LogP contribution in [0.2, 0.25) is 0 Å². The van der Waals surface area contributed by atoms with Crippen LogP contribution in [0.25, 0.3) is 0 Å². The van der Waals surface area contributed by atoms with Crippen LogP contribution >= 0.6 is 0 Å². The third kappa shape index (κ3) is 25.0. The van der Waals surface area contributed by atoms with Gasteiger partial charge in [-0.15, -0.1) is 0 Å². The van der Waals surface area contributed by atoms with Gasteiger partial charge in [0.25, 0.3) is 0 Å². The van der Waals surface area contributed by atoms with Gasteiger partial charge >= 0.3 is 5.97 Å². The van der Waals surface area contributed by atoms with Crippen LogP contribution in [0.4, 0.5) is 0 Å². The lowest BCUT2D eigenvalue weighted by Crippen LogP contribution is -2.61. The molecule has 2 rings (SSSR count). The molecule has 14 nitrogen and oxygen atoms in total. The van der Waals surface area contributed by atoms with Crippen LogP contribution in [-0.4, -0.2) is 142 Å². The van der Waals surface area contributed by atoms with Crippen LogP contribution in [0.3, 0.4) is 0 Å². The van der Waals surface area contributed by atoms with Gasteiger partial charge < -0.3 is 64.2 Å². The highest BCUT2D eigenvalue weighted by Crippen LogP contribution is 2.26. The highest BCUT2D eigenvalue weighted by Gasteiger charge is 2.47. The average molecular weight is 893 g/mol. The van der Waals surface area contributed by atoms with Gasteiger partial charge in [-0.3, -0.25) is 4.79 Å². The highest BCUT2D eigenvalue weighted by atomic mass is 16.7. The van der Waals surface area contributed by atoms with E-state index in [9.17, 15) is 40.5 Å². The van der Waals surface area contributed by atoms with Gasteiger partial charge in [0.05, 0.1) is 26.4 Å². The van der Waals surface area contributed by atoms with Crippen molar-refractivity contribution in [2.24, 2.45) is 0 Å². The Bertz CT molecular complexity index is 1040. The van der Waals surface area contributed by atoms with E-state index in [1.807, 2.05) is 0 Å². The van der Waals surface area contributed by atoms with Crippen LogP contribution in [0.5, 0.6) is 0 Å². The van der Waals surface area contributed by atoms with E-state index in [1.54, 1.807) is 0 Å². The van der Waals surface area contributed by atoms with E-state index in [0.29, 0.717) is 6.61 Å². The van der Waals surface area contributed by atoms with E-state index in [0.717, 1.165) is 44.9 Å². The third-order valence-electron chi connectivity index (χ3n) is 12.4. The smallest absolute Gasteiger partial charge is 0.306 e. The zero-order valence-corrected chi connectivity index (χ0v) is 38.9. The molecule has 11 atom stereocenters. The number of carbonyl (C=O) groups excluding carboxylic acids is 1. The summed E-state index contributed by atoms with van der Waals surface area (Å²) in [7, 11) is 0. The summed E-state index contributed by atoms with van der Waals surface area (Å²) >= 11 is 0. The molecule has 2 fully saturated rings. The van der Waals surface area contributed by atoms with Crippen LogP contribution in [-0.2, 0) is 33.2 Å². The van der Waals surface area contributed by atoms with Crippen molar-refractivity contribution in [3.05, 3.63) is 0 Å². The van der Waals surface area contributed by atoms with Gasteiger partial charge in [0.1, 0.15) is 54.9 Å². The Balaban J connectivity index is 1.73. The van der Waals surface area contributed by atoms with Crippen LogP contribution in [0.15, 0.2) is 0 Å². The predicted molar refractivity (Wildman–Crippen MR) is 238 cm³/mol. The standard InChI is InChI=1S/C48H92O14/c1-3-5-7-9-11-13-14-15-16-17-18-19-20-21-22-23-25-27-29-31-40(50)60-37(34-57-32-30-28-26-24-12-10-8-6-4-2)35-58-47-46(56)44(54)42(52)39(62-47)36-59-48-45(55)43(53)41(51)38(33-49)61-48/h37-39,41-49,51-56H,3-36H2,1-2H3. The molecule has 368 valence electrons. The van der Waals surface area contributed by atoms with E-state index in [2.05, 4.69) is 13.8 Å². The molecule has 0 bridgehead atoms. The largest absolute Gasteiger partial charge is 0.457 e. The van der Waals surface area contributed by atoms with Gasteiger partial charge in [-0.25, -0.2) is 0 Å². The number of unbranched alkanes of at least 4 members (excludes halogenated alkanes) is 26. The normalized spacial score (nSPS) is 27.1.